The van der Waals surface area contributed by atoms with E-state index in [0.29, 0.717) is 26.3 Å². The number of carbonyl (C=O) groups excluding carboxylic acids is 1. The maximum absolute atomic E-state index is 13.7. The van der Waals surface area contributed by atoms with Crippen molar-refractivity contribution < 1.29 is 18.7 Å². The Kier molecular flexibility index (Phi) is 7.57. The van der Waals surface area contributed by atoms with Crippen molar-refractivity contribution in [1.82, 2.24) is 4.57 Å². The molecule has 1 aliphatic rings. The molecular weight excluding hydrogens is 685 g/mol. The number of benzene rings is 2. The summed E-state index contributed by atoms with van der Waals surface area (Å²) in [5.74, 6) is -0.290. The maximum atomic E-state index is 13.7. The molecule has 4 rings (SSSR count). The van der Waals surface area contributed by atoms with E-state index in [1.165, 1.54) is 28.0 Å². The lowest BCUT2D eigenvalue weighted by Gasteiger charge is -2.24. The summed E-state index contributed by atoms with van der Waals surface area (Å²) in [6.45, 7) is 3.61. The molecule has 0 saturated carbocycles. The van der Waals surface area contributed by atoms with Crippen molar-refractivity contribution in [3.05, 3.63) is 91.4 Å². The fourth-order valence-corrected chi connectivity index (χ4v) is 6.94. The zero-order chi connectivity index (χ0) is 24.6. The van der Waals surface area contributed by atoms with Crippen LogP contribution in [0.15, 0.2) is 57.5 Å². The quantitative estimate of drug-likeness (QED) is 0.296. The van der Waals surface area contributed by atoms with E-state index in [2.05, 4.69) is 50.2 Å². The van der Waals surface area contributed by atoms with Crippen molar-refractivity contribution in [2.45, 2.75) is 19.9 Å². The molecule has 1 aliphatic heterocycles. The fourth-order valence-electron chi connectivity index (χ4n) is 3.80. The van der Waals surface area contributed by atoms with Crippen molar-refractivity contribution in [2.24, 2.45) is 4.99 Å². The van der Waals surface area contributed by atoms with Crippen LogP contribution in [0.2, 0.25) is 0 Å². The van der Waals surface area contributed by atoms with E-state index in [0.717, 1.165) is 12.7 Å². The molecule has 10 heteroatoms. The number of nitrogens with zero attached hydrogens (tertiary/aromatic N) is 2. The largest absolute Gasteiger partial charge is 0.495 e. The van der Waals surface area contributed by atoms with Gasteiger partial charge in [0.15, 0.2) is 4.80 Å². The summed E-state index contributed by atoms with van der Waals surface area (Å²) in [7, 11) is 1.59. The molecule has 1 atom stereocenters. The van der Waals surface area contributed by atoms with Crippen LogP contribution >= 0.6 is 56.5 Å². The Labute approximate surface area is 226 Å². The van der Waals surface area contributed by atoms with Gasteiger partial charge in [0.2, 0.25) is 0 Å². The van der Waals surface area contributed by atoms with Gasteiger partial charge in [-0.25, -0.2) is 14.2 Å². The van der Waals surface area contributed by atoms with Gasteiger partial charge < -0.3 is 9.47 Å². The van der Waals surface area contributed by atoms with E-state index in [1.807, 2.05) is 12.1 Å². The predicted octanol–water partition coefficient (Wildman–Crippen LogP) is 4.16. The third kappa shape index (κ3) is 4.71. The number of halogens is 3. The zero-order valence-electron chi connectivity index (χ0n) is 18.4. The molecule has 2 aromatic carbocycles. The van der Waals surface area contributed by atoms with E-state index >= 15 is 0 Å². The normalized spacial score (nSPS) is 15.7. The van der Waals surface area contributed by atoms with Crippen LogP contribution in [0.1, 0.15) is 31.0 Å². The van der Waals surface area contributed by atoms with E-state index in [9.17, 15) is 14.0 Å². The standard InChI is InChI=1S/C24H19FI2N2O4S/c1-4-33-23(31)19-12(2)28-24-29(20(19)13-5-7-15(25)8-6-13)22(30)18(34-24)10-14-9-16(26)11-17(27)21(14)32-3/h5-11,20H,4H2,1-3H3/b18-10-/t20-/m1/s1. The first kappa shape index (κ1) is 25.0. The SMILES string of the molecule is CCOC(=O)C1=C(C)N=c2s/c(=C\c3cc(I)cc(I)c3OC)c(=O)n2[C@@H]1c1ccc(F)cc1. The zero-order valence-corrected chi connectivity index (χ0v) is 23.5. The van der Waals surface area contributed by atoms with E-state index in [1.54, 1.807) is 39.2 Å². The number of esters is 1. The first-order valence-corrected chi connectivity index (χ1v) is 13.2. The van der Waals surface area contributed by atoms with E-state index in [4.69, 9.17) is 9.47 Å². The molecule has 0 saturated heterocycles. The average molecular weight is 704 g/mol. The minimum atomic E-state index is -0.781. The highest BCUT2D eigenvalue weighted by Gasteiger charge is 2.33. The lowest BCUT2D eigenvalue weighted by molar-refractivity contribution is -0.139. The summed E-state index contributed by atoms with van der Waals surface area (Å²) >= 11 is 5.64. The summed E-state index contributed by atoms with van der Waals surface area (Å²) in [5.41, 5.74) is 1.77. The van der Waals surface area contributed by atoms with Crippen LogP contribution in [0.5, 0.6) is 5.75 Å². The molecule has 176 valence electrons. The highest BCUT2D eigenvalue weighted by atomic mass is 127. The van der Waals surface area contributed by atoms with Gasteiger partial charge in [-0.3, -0.25) is 9.36 Å². The van der Waals surface area contributed by atoms with Gasteiger partial charge in [-0.15, -0.1) is 0 Å². The summed E-state index contributed by atoms with van der Waals surface area (Å²) < 4.78 is 28.4. The van der Waals surface area contributed by atoms with Gasteiger partial charge in [0.1, 0.15) is 11.6 Å². The number of allylic oxidation sites excluding steroid dienone is 1. The Morgan fingerprint density at radius 2 is 1.97 bits per heavy atom. The predicted molar refractivity (Wildman–Crippen MR) is 145 cm³/mol. The first-order chi connectivity index (χ1) is 16.2. The van der Waals surface area contributed by atoms with Crippen molar-refractivity contribution in [3.8, 4) is 5.75 Å². The second kappa shape index (κ2) is 10.3. The number of hydrogen-bond acceptors (Lipinski definition) is 6. The molecule has 0 aliphatic carbocycles. The average Bonchev–Trinajstić information content (AvgIpc) is 3.08. The molecule has 0 radical (unpaired) electrons. The Balaban J connectivity index is 1.99. The molecule has 34 heavy (non-hydrogen) atoms. The molecule has 0 unspecified atom stereocenters. The van der Waals surface area contributed by atoms with Gasteiger partial charge in [0.25, 0.3) is 5.56 Å². The third-order valence-electron chi connectivity index (χ3n) is 5.23. The Morgan fingerprint density at radius 3 is 2.62 bits per heavy atom. The molecule has 0 bridgehead atoms. The monoisotopic (exact) mass is 704 g/mol. The van der Waals surface area contributed by atoms with Gasteiger partial charge in [-0.2, -0.15) is 0 Å². The summed E-state index contributed by atoms with van der Waals surface area (Å²) in [6, 6.07) is 8.90. The summed E-state index contributed by atoms with van der Waals surface area (Å²) in [4.78, 5) is 31.6. The van der Waals surface area contributed by atoms with Gasteiger partial charge in [-0.05, 0) is 94.9 Å². The van der Waals surface area contributed by atoms with Gasteiger partial charge >= 0.3 is 5.97 Å². The number of ether oxygens (including phenoxy) is 2. The molecular formula is C24H19FI2N2O4S. The maximum Gasteiger partial charge on any atom is 0.338 e. The smallest absolute Gasteiger partial charge is 0.338 e. The third-order valence-corrected chi connectivity index (χ3v) is 7.64. The van der Waals surface area contributed by atoms with Gasteiger partial charge in [-0.1, -0.05) is 23.5 Å². The molecule has 0 amide bonds. The fraction of sp³-hybridized carbons (Fsp3) is 0.208. The molecule has 0 fully saturated rings. The summed E-state index contributed by atoms with van der Waals surface area (Å²) in [5, 5.41) is 0. The van der Waals surface area contributed by atoms with Crippen LogP contribution in [0.4, 0.5) is 4.39 Å². The molecule has 3 aromatic rings. The van der Waals surface area contributed by atoms with Crippen molar-refractivity contribution in [1.29, 1.82) is 0 Å². The molecule has 1 aromatic heterocycles. The van der Waals surface area contributed by atoms with Crippen molar-refractivity contribution in [2.75, 3.05) is 13.7 Å². The Bertz CT molecular complexity index is 1490. The number of hydrogen-bond donors (Lipinski definition) is 0. The second-order valence-electron chi connectivity index (χ2n) is 7.36. The Hall–Kier alpha value is -2.06. The number of aromatic nitrogens is 1. The topological polar surface area (TPSA) is 69.9 Å². The van der Waals surface area contributed by atoms with E-state index < -0.39 is 17.8 Å². The highest BCUT2D eigenvalue weighted by molar-refractivity contribution is 14.1. The lowest BCUT2D eigenvalue weighted by atomic mass is 9.96. The number of rotatable bonds is 5. The minimum absolute atomic E-state index is 0.182. The Morgan fingerprint density at radius 1 is 1.26 bits per heavy atom. The van der Waals surface area contributed by atoms with Gasteiger partial charge in [0, 0.05) is 9.13 Å². The van der Waals surface area contributed by atoms with Crippen molar-refractivity contribution in [3.63, 3.8) is 0 Å². The minimum Gasteiger partial charge on any atom is -0.495 e. The lowest BCUT2D eigenvalue weighted by Crippen LogP contribution is -2.39. The van der Waals surface area contributed by atoms with Crippen LogP contribution in [0.3, 0.4) is 0 Å². The second-order valence-corrected chi connectivity index (χ2v) is 10.8. The highest BCUT2D eigenvalue weighted by Crippen LogP contribution is 2.31. The summed E-state index contributed by atoms with van der Waals surface area (Å²) in [6.07, 6.45) is 1.78. The number of carbonyl (C=O) groups is 1. The number of fused-ring (bicyclic) bond motifs is 1. The van der Waals surface area contributed by atoms with Crippen LogP contribution in [-0.4, -0.2) is 24.3 Å². The molecule has 6 nitrogen and oxygen atoms in total. The number of thiazole rings is 1. The van der Waals surface area contributed by atoms with Crippen LogP contribution in [0.25, 0.3) is 6.08 Å². The van der Waals surface area contributed by atoms with E-state index in [-0.39, 0.29) is 17.7 Å². The molecule has 0 N–H and O–H groups in total. The molecule has 0 spiro atoms. The van der Waals surface area contributed by atoms with Crippen LogP contribution in [0, 0.1) is 13.0 Å². The van der Waals surface area contributed by atoms with Crippen LogP contribution < -0.4 is 19.6 Å². The van der Waals surface area contributed by atoms with Gasteiger partial charge in [0.05, 0.1) is 39.1 Å². The number of methoxy groups -OCH3 is 1. The van der Waals surface area contributed by atoms with Crippen molar-refractivity contribution >= 4 is 68.6 Å². The van der Waals surface area contributed by atoms with Crippen LogP contribution in [-0.2, 0) is 9.53 Å². The molecule has 2 heterocycles. The first-order valence-electron chi connectivity index (χ1n) is 10.2.